The first-order valence-electron chi connectivity index (χ1n) is 8.32. The lowest BCUT2D eigenvalue weighted by atomic mass is 10.0. The molecule has 2 N–H and O–H groups in total. The van der Waals surface area contributed by atoms with E-state index in [0.717, 1.165) is 50.7 Å². The van der Waals surface area contributed by atoms with Gasteiger partial charge in [0.1, 0.15) is 0 Å². The molecular weight excluding hydrogens is 314 g/mol. The highest BCUT2D eigenvalue weighted by atomic mass is 35.5. The zero-order valence-electron chi connectivity index (χ0n) is 13.3. The smallest absolute Gasteiger partial charge is 0.237 e. The Balaban J connectivity index is 1.66. The predicted molar refractivity (Wildman–Crippen MR) is 90.6 cm³/mol. The summed E-state index contributed by atoms with van der Waals surface area (Å²) in [7, 11) is 0. The number of carbonyl (C=O) groups is 1. The number of morpholine rings is 1. The van der Waals surface area contributed by atoms with Crippen molar-refractivity contribution in [2.24, 2.45) is 0 Å². The second-order valence-electron chi connectivity index (χ2n) is 6.11. The highest BCUT2D eigenvalue weighted by molar-refractivity contribution is 6.30. The summed E-state index contributed by atoms with van der Waals surface area (Å²) >= 11 is 6.00. The number of rotatable bonds is 5. The van der Waals surface area contributed by atoms with E-state index in [1.807, 2.05) is 24.3 Å². The lowest BCUT2D eigenvalue weighted by Crippen LogP contribution is -2.47. The average Bonchev–Trinajstić information content (AvgIpc) is 3.12. The van der Waals surface area contributed by atoms with Crippen molar-refractivity contribution in [3.05, 3.63) is 34.9 Å². The number of nitrogens with zero attached hydrogens (tertiary/aromatic N) is 1. The molecule has 6 heteroatoms. The second-order valence-corrected chi connectivity index (χ2v) is 6.55. The molecule has 1 aromatic rings. The summed E-state index contributed by atoms with van der Waals surface area (Å²) < 4.78 is 5.45. The van der Waals surface area contributed by atoms with E-state index in [2.05, 4.69) is 15.5 Å². The topological polar surface area (TPSA) is 53.6 Å². The summed E-state index contributed by atoms with van der Waals surface area (Å²) in [6.07, 6.45) is 2.00. The molecule has 2 unspecified atom stereocenters. The van der Waals surface area contributed by atoms with Gasteiger partial charge in [-0.15, -0.1) is 0 Å². The molecule has 1 amide bonds. The fraction of sp³-hybridized carbons (Fsp3) is 0.588. The summed E-state index contributed by atoms with van der Waals surface area (Å²) in [6, 6.07) is 8.02. The molecular formula is C17H24ClN3O2. The van der Waals surface area contributed by atoms with Crippen molar-refractivity contribution < 1.29 is 9.53 Å². The minimum atomic E-state index is -0.0365. The number of amides is 1. The zero-order valence-corrected chi connectivity index (χ0v) is 14.0. The molecule has 126 valence electrons. The van der Waals surface area contributed by atoms with Crippen LogP contribution in [0.15, 0.2) is 24.3 Å². The normalized spacial score (nSPS) is 23.6. The Bertz CT molecular complexity index is 511. The van der Waals surface area contributed by atoms with Crippen LogP contribution in [-0.4, -0.2) is 56.2 Å². The molecule has 2 heterocycles. The summed E-state index contributed by atoms with van der Waals surface area (Å²) in [5, 5.41) is 7.09. The van der Waals surface area contributed by atoms with Gasteiger partial charge >= 0.3 is 0 Å². The quantitative estimate of drug-likeness (QED) is 0.856. The molecule has 0 saturated carbocycles. The molecule has 2 fully saturated rings. The van der Waals surface area contributed by atoms with E-state index in [4.69, 9.17) is 16.3 Å². The van der Waals surface area contributed by atoms with Gasteiger partial charge in [-0.2, -0.15) is 0 Å². The Hall–Kier alpha value is -1.14. The Morgan fingerprint density at radius 2 is 2.09 bits per heavy atom. The van der Waals surface area contributed by atoms with Gasteiger partial charge in [-0.25, -0.2) is 0 Å². The van der Waals surface area contributed by atoms with Crippen LogP contribution < -0.4 is 10.6 Å². The van der Waals surface area contributed by atoms with Crippen LogP contribution in [-0.2, 0) is 9.53 Å². The maximum atomic E-state index is 12.3. The molecule has 0 bridgehead atoms. The summed E-state index contributed by atoms with van der Waals surface area (Å²) in [4.78, 5) is 14.7. The number of halogens is 1. The van der Waals surface area contributed by atoms with Gasteiger partial charge in [-0.3, -0.25) is 9.69 Å². The van der Waals surface area contributed by atoms with Crippen LogP contribution >= 0.6 is 11.6 Å². The van der Waals surface area contributed by atoms with Gasteiger partial charge in [0, 0.05) is 24.7 Å². The summed E-state index contributed by atoms with van der Waals surface area (Å²) in [5.74, 6) is 0.106. The van der Waals surface area contributed by atoms with E-state index in [-0.39, 0.29) is 18.0 Å². The van der Waals surface area contributed by atoms with Gasteiger partial charge in [0.05, 0.1) is 25.3 Å². The third kappa shape index (κ3) is 4.44. The average molecular weight is 338 g/mol. The Labute approximate surface area is 142 Å². The number of hydrogen-bond donors (Lipinski definition) is 2. The molecule has 5 nitrogen and oxygen atoms in total. The first kappa shape index (κ1) is 16.7. The van der Waals surface area contributed by atoms with E-state index >= 15 is 0 Å². The van der Waals surface area contributed by atoms with Crippen LogP contribution in [0.4, 0.5) is 0 Å². The van der Waals surface area contributed by atoms with Crippen LogP contribution in [0.3, 0.4) is 0 Å². The Kier molecular flexibility index (Phi) is 5.89. The van der Waals surface area contributed by atoms with Crippen LogP contribution in [0.1, 0.15) is 24.4 Å². The van der Waals surface area contributed by atoms with Gasteiger partial charge in [0.2, 0.25) is 5.91 Å². The maximum Gasteiger partial charge on any atom is 0.237 e. The molecule has 2 aliphatic heterocycles. The predicted octanol–water partition coefficient (Wildman–Crippen LogP) is 1.58. The van der Waals surface area contributed by atoms with Crippen LogP contribution in [0.25, 0.3) is 0 Å². The number of hydrogen-bond acceptors (Lipinski definition) is 4. The second kappa shape index (κ2) is 8.11. The minimum Gasteiger partial charge on any atom is -0.379 e. The molecule has 0 radical (unpaired) electrons. The van der Waals surface area contributed by atoms with Gasteiger partial charge in [0.25, 0.3) is 0 Å². The fourth-order valence-corrected chi connectivity index (χ4v) is 3.39. The third-order valence-electron chi connectivity index (χ3n) is 4.59. The number of benzene rings is 1. The highest BCUT2D eigenvalue weighted by Crippen LogP contribution is 2.23. The van der Waals surface area contributed by atoms with Crippen molar-refractivity contribution >= 4 is 17.5 Å². The van der Waals surface area contributed by atoms with E-state index < -0.39 is 0 Å². The molecule has 3 rings (SSSR count). The van der Waals surface area contributed by atoms with Gasteiger partial charge in [-0.05, 0) is 37.1 Å². The first-order chi connectivity index (χ1) is 11.2. The molecule has 23 heavy (non-hydrogen) atoms. The zero-order chi connectivity index (χ0) is 16.1. The van der Waals surface area contributed by atoms with Crippen LogP contribution in [0.5, 0.6) is 0 Å². The first-order valence-corrected chi connectivity index (χ1v) is 8.70. The van der Waals surface area contributed by atoms with Crippen molar-refractivity contribution in [2.75, 3.05) is 39.4 Å². The molecule has 0 spiro atoms. The molecule has 0 aliphatic carbocycles. The fourth-order valence-electron chi connectivity index (χ4n) is 3.26. The largest absolute Gasteiger partial charge is 0.379 e. The number of ether oxygens (including phenoxy) is 1. The molecule has 2 aliphatic rings. The van der Waals surface area contributed by atoms with E-state index in [1.165, 1.54) is 5.56 Å². The molecule has 2 atom stereocenters. The lowest BCUT2D eigenvalue weighted by molar-refractivity contribution is -0.123. The van der Waals surface area contributed by atoms with Crippen molar-refractivity contribution in [2.45, 2.75) is 24.9 Å². The Morgan fingerprint density at radius 3 is 2.74 bits per heavy atom. The number of nitrogens with one attached hydrogen (secondary N) is 2. The molecule has 2 saturated heterocycles. The SMILES string of the molecule is O=C(NCC(c1ccc(Cl)cc1)N1CCOCC1)C1CCCN1. The Morgan fingerprint density at radius 1 is 1.35 bits per heavy atom. The standard InChI is InChI=1S/C17H24ClN3O2/c18-14-5-3-13(4-6-14)16(21-8-10-23-11-9-21)12-20-17(22)15-2-1-7-19-15/h3-6,15-16,19H,1-2,7-12H2,(H,20,22). The highest BCUT2D eigenvalue weighted by Gasteiger charge is 2.26. The summed E-state index contributed by atoms with van der Waals surface area (Å²) in [6.45, 7) is 4.78. The van der Waals surface area contributed by atoms with Crippen molar-refractivity contribution in [1.29, 1.82) is 0 Å². The minimum absolute atomic E-state index is 0.0365. The third-order valence-corrected chi connectivity index (χ3v) is 4.84. The number of carbonyl (C=O) groups excluding carboxylic acids is 1. The van der Waals surface area contributed by atoms with E-state index in [9.17, 15) is 4.79 Å². The maximum absolute atomic E-state index is 12.3. The van der Waals surface area contributed by atoms with Gasteiger partial charge in [0.15, 0.2) is 0 Å². The molecule has 1 aromatic carbocycles. The van der Waals surface area contributed by atoms with Gasteiger partial charge in [-0.1, -0.05) is 23.7 Å². The van der Waals surface area contributed by atoms with Crippen molar-refractivity contribution in [3.8, 4) is 0 Å². The van der Waals surface area contributed by atoms with E-state index in [0.29, 0.717) is 6.54 Å². The van der Waals surface area contributed by atoms with Crippen molar-refractivity contribution in [1.82, 2.24) is 15.5 Å². The van der Waals surface area contributed by atoms with Gasteiger partial charge < -0.3 is 15.4 Å². The molecule has 0 aromatic heterocycles. The van der Waals surface area contributed by atoms with Crippen molar-refractivity contribution in [3.63, 3.8) is 0 Å². The lowest BCUT2D eigenvalue weighted by Gasteiger charge is -2.35. The van der Waals surface area contributed by atoms with Crippen LogP contribution in [0, 0.1) is 0 Å². The monoisotopic (exact) mass is 337 g/mol. The summed E-state index contributed by atoms with van der Waals surface area (Å²) in [5.41, 5.74) is 1.18. The van der Waals surface area contributed by atoms with E-state index in [1.54, 1.807) is 0 Å². The van der Waals surface area contributed by atoms with Crippen LogP contribution in [0.2, 0.25) is 5.02 Å².